The topological polar surface area (TPSA) is 54.0 Å². The van der Waals surface area contributed by atoms with Gasteiger partial charge in [0, 0.05) is 24.6 Å². The van der Waals surface area contributed by atoms with Gasteiger partial charge in [-0.2, -0.15) is 0 Å². The van der Waals surface area contributed by atoms with E-state index in [0.29, 0.717) is 5.56 Å². The fourth-order valence-corrected chi connectivity index (χ4v) is 2.16. The summed E-state index contributed by atoms with van der Waals surface area (Å²) in [7, 11) is 0. The Bertz CT molecular complexity index is 593. The van der Waals surface area contributed by atoms with E-state index in [2.05, 4.69) is 22.5 Å². The maximum atomic E-state index is 12.3. The molecule has 0 saturated carbocycles. The predicted molar refractivity (Wildman–Crippen MR) is 86.8 cm³/mol. The molecule has 2 N–H and O–H groups in total. The van der Waals surface area contributed by atoms with Crippen molar-refractivity contribution in [1.82, 2.24) is 4.98 Å². The standard InChI is InChI=1S/C17H21N3O/c1-3-5-13-6-8-14(9-7-13)20-17(21)15-12-18-11-10-16(15)19-4-2/h6-12H,3-5H2,1-2H3,(H,18,19)(H,20,21). The van der Waals surface area contributed by atoms with Crippen LogP contribution in [0.1, 0.15) is 36.2 Å². The van der Waals surface area contributed by atoms with Crippen molar-refractivity contribution in [3.05, 3.63) is 53.9 Å². The third kappa shape index (κ3) is 4.05. The summed E-state index contributed by atoms with van der Waals surface area (Å²) in [5, 5.41) is 6.08. The van der Waals surface area contributed by atoms with Crippen molar-refractivity contribution in [2.45, 2.75) is 26.7 Å². The van der Waals surface area contributed by atoms with Crippen molar-refractivity contribution in [2.24, 2.45) is 0 Å². The summed E-state index contributed by atoms with van der Waals surface area (Å²) in [6.07, 6.45) is 5.43. The molecule has 110 valence electrons. The van der Waals surface area contributed by atoms with Crippen LogP contribution in [0.2, 0.25) is 0 Å². The third-order valence-electron chi connectivity index (χ3n) is 3.18. The SMILES string of the molecule is CCCc1ccc(NC(=O)c2cnccc2NCC)cc1. The zero-order valence-corrected chi connectivity index (χ0v) is 12.5. The van der Waals surface area contributed by atoms with Gasteiger partial charge in [0.15, 0.2) is 0 Å². The molecule has 0 radical (unpaired) electrons. The number of aromatic nitrogens is 1. The number of aryl methyl sites for hydroxylation is 1. The van der Waals surface area contributed by atoms with Gasteiger partial charge in [0.2, 0.25) is 0 Å². The van der Waals surface area contributed by atoms with Gasteiger partial charge in [-0.3, -0.25) is 9.78 Å². The quantitative estimate of drug-likeness (QED) is 0.849. The number of nitrogens with zero attached hydrogens (tertiary/aromatic N) is 1. The smallest absolute Gasteiger partial charge is 0.259 e. The largest absolute Gasteiger partial charge is 0.385 e. The van der Waals surface area contributed by atoms with Crippen LogP contribution in [0.25, 0.3) is 0 Å². The Labute approximate surface area is 125 Å². The molecule has 0 aliphatic rings. The molecule has 0 spiro atoms. The minimum atomic E-state index is -0.151. The maximum absolute atomic E-state index is 12.3. The molecule has 4 heteroatoms. The van der Waals surface area contributed by atoms with Crippen LogP contribution in [0, 0.1) is 0 Å². The van der Waals surface area contributed by atoms with E-state index in [1.165, 1.54) is 5.56 Å². The Morgan fingerprint density at radius 1 is 1.14 bits per heavy atom. The summed E-state index contributed by atoms with van der Waals surface area (Å²) in [6.45, 7) is 4.91. The first-order valence-corrected chi connectivity index (χ1v) is 7.32. The van der Waals surface area contributed by atoms with Gasteiger partial charge in [-0.15, -0.1) is 0 Å². The number of pyridine rings is 1. The zero-order valence-electron chi connectivity index (χ0n) is 12.5. The van der Waals surface area contributed by atoms with Crippen molar-refractivity contribution in [3.63, 3.8) is 0 Å². The van der Waals surface area contributed by atoms with E-state index in [1.54, 1.807) is 12.4 Å². The monoisotopic (exact) mass is 283 g/mol. The molecule has 1 aromatic carbocycles. The van der Waals surface area contributed by atoms with Crippen LogP contribution < -0.4 is 10.6 Å². The Morgan fingerprint density at radius 2 is 1.90 bits per heavy atom. The maximum Gasteiger partial charge on any atom is 0.259 e. The van der Waals surface area contributed by atoms with E-state index in [1.807, 2.05) is 37.3 Å². The lowest BCUT2D eigenvalue weighted by atomic mass is 10.1. The van der Waals surface area contributed by atoms with E-state index in [-0.39, 0.29) is 5.91 Å². The van der Waals surface area contributed by atoms with Gasteiger partial charge in [-0.05, 0) is 37.1 Å². The Hall–Kier alpha value is -2.36. The second kappa shape index (κ2) is 7.43. The summed E-state index contributed by atoms with van der Waals surface area (Å²) in [6, 6.07) is 9.78. The minimum Gasteiger partial charge on any atom is -0.385 e. The van der Waals surface area contributed by atoms with Gasteiger partial charge >= 0.3 is 0 Å². The molecule has 1 aromatic heterocycles. The molecule has 2 rings (SSSR count). The number of amides is 1. The van der Waals surface area contributed by atoms with Crippen LogP contribution in [0.3, 0.4) is 0 Å². The van der Waals surface area contributed by atoms with Gasteiger partial charge in [-0.1, -0.05) is 25.5 Å². The van der Waals surface area contributed by atoms with E-state index in [4.69, 9.17) is 0 Å². The molecule has 21 heavy (non-hydrogen) atoms. The second-order valence-corrected chi connectivity index (χ2v) is 4.85. The molecule has 0 aliphatic carbocycles. The fraction of sp³-hybridized carbons (Fsp3) is 0.294. The number of rotatable bonds is 6. The molecule has 1 heterocycles. The first-order valence-electron chi connectivity index (χ1n) is 7.32. The van der Waals surface area contributed by atoms with Gasteiger partial charge in [0.05, 0.1) is 11.3 Å². The highest BCUT2D eigenvalue weighted by Crippen LogP contribution is 2.17. The van der Waals surface area contributed by atoms with E-state index >= 15 is 0 Å². The van der Waals surface area contributed by atoms with E-state index < -0.39 is 0 Å². The number of hydrogen-bond donors (Lipinski definition) is 2. The van der Waals surface area contributed by atoms with E-state index in [9.17, 15) is 4.79 Å². The molecule has 0 unspecified atom stereocenters. The molecule has 0 aliphatic heterocycles. The summed E-state index contributed by atoms with van der Waals surface area (Å²) in [5.74, 6) is -0.151. The highest BCUT2D eigenvalue weighted by atomic mass is 16.1. The molecule has 0 atom stereocenters. The number of benzene rings is 1. The molecular formula is C17H21N3O. The van der Waals surface area contributed by atoms with Crippen molar-refractivity contribution >= 4 is 17.3 Å². The molecule has 0 saturated heterocycles. The summed E-state index contributed by atoms with van der Waals surface area (Å²) >= 11 is 0. The molecule has 0 bridgehead atoms. The lowest BCUT2D eigenvalue weighted by Crippen LogP contribution is -2.15. The lowest BCUT2D eigenvalue weighted by Gasteiger charge is -2.10. The van der Waals surface area contributed by atoms with Crippen molar-refractivity contribution in [1.29, 1.82) is 0 Å². The summed E-state index contributed by atoms with van der Waals surface area (Å²) in [4.78, 5) is 16.4. The van der Waals surface area contributed by atoms with Crippen molar-refractivity contribution < 1.29 is 4.79 Å². The van der Waals surface area contributed by atoms with Crippen LogP contribution >= 0.6 is 0 Å². The zero-order chi connectivity index (χ0) is 15.1. The van der Waals surface area contributed by atoms with Gasteiger partial charge in [0.1, 0.15) is 0 Å². The molecule has 1 amide bonds. The van der Waals surface area contributed by atoms with Gasteiger partial charge in [-0.25, -0.2) is 0 Å². The highest BCUT2D eigenvalue weighted by Gasteiger charge is 2.11. The first kappa shape index (κ1) is 15.0. The van der Waals surface area contributed by atoms with E-state index in [0.717, 1.165) is 30.8 Å². The Balaban J connectivity index is 2.10. The molecule has 0 fully saturated rings. The minimum absolute atomic E-state index is 0.151. The van der Waals surface area contributed by atoms with Crippen LogP contribution in [0.15, 0.2) is 42.7 Å². The Morgan fingerprint density at radius 3 is 2.57 bits per heavy atom. The van der Waals surface area contributed by atoms with Crippen LogP contribution in [0.4, 0.5) is 11.4 Å². The average Bonchev–Trinajstić information content (AvgIpc) is 2.50. The number of carbonyl (C=O) groups is 1. The Kier molecular flexibility index (Phi) is 5.32. The normalized spacial score (nSPS) is 10.2. The van der Waals surface area contributed by atoms with Crippen LogP contribution in [0.5, 0.6) is 0 Å². The first-order chi connectivity index (χ1) is 10.2. The number of carbonyl (C=O) groups excluding carboxylic acids is 1. The number of nitrogens with one attached hydrogen (secondary N) is 2. The van der Waals surface area contributed by atoms with Gasteiger partial charge < -0.3 is 10.6 Å². The van der Waals surface area contributed by atoms with Crippen LogP contribution in [-0.4, -0.2) is 17.4 Å². The van der Waals surface area contributed by atoms with Gasteiger partial charge in [0.25, 0.3) is 5.91 Å². The molecule has 2 aromatic rings. The lowest BCUT2D eigenvalue weighted by molar-refractivity contribution is 0.102. The predicted octanol–water partition coefficient (Wildman–Crippen LogP) is 3.72. The summed E-state index contributed by atoms with van der Waals surface area (Å²) in [5.41, 5.74) is 3.43. The average molecular weight is 283 g/mol. The van der Waals surface area contributed by atoms with Crippen molar-refractivity contribution in [2.75, 3.05) is 17.2 Å². The highest BCUT2D eigenvalue weighted by molar-refractivity contribution is 6.07. The molecular weight excluding hydrogens is 262 g/mol. The second-order valence-electron chi connectivity index (χ2n) is 4.85. The third-order valence-corrected chi connectivity index (χ3v) is 3.18. The summed E-state index contributed by atoms with van der Waals surface area (Å²) < 4.78 is 0. The number of anilines is 2. The van der Waals surface area contributed by atoms with Crippen LogP contribution in [-0.2, 0) is 6.42 Å². The molecule has 4 nitrogen and oxygen atoms in total. The van der Waals surface area contributed by atoms with Crippen molar-refractivity contribution in [3.8, 4) is 0 Å². The fourth-order valence-electron chi connectivity index (χ4n) is 2.16. The number of hydrogen-bond acceptors (Lipinski definition) is 3.